The topological polar surface area (TPSA) is 399 Å². The summed E-state index contributed by atoms with van der Waals surface area (Å²) >= 11 is 80.7. The molecule has 0 spiro atoms. The van der Waals surface area contributed by atoms with Gasteiger partial charge in [0.1, 0.15) is 5.60 Å². The van der Waals surface area contributed by atoms with Crippen LogP contribution in [0.3, 0.4) is 0 Å². The lowest BCUT2D eigenvalue weighted by Gasteiger charge is -2.22. The maximum Gasteiger partial charge on any atom is 0.407 e. The Hall–Kier alpha value is -8.35. The van der Waals surface area contributed by atoms with E-state index in [2.05, 4.69) is 82.3 Å². The molecule has 19 N–H and O–H groups in total. The number of amides is 8. The van der Waals surface area contributed by atoms with Gasteiger partial charge in [0.2, 0.25) is 5.91 Å². The van der Waals surface area contributed by atoms with Gasteiger partial charge in [0.15, 0.2) is 5.78 Å². The number of halogens is 15. The highest BCUT2D eigenvalue weighted by Crippen LogP contribution is 2.33. The van der Waals surface area contributed by atoms with E-state index in [1.165, 1.54) is 33.6 Å². The first-order chi connectivity index (χ1) is 65.7. The normalized spacial score (nSPS) is 11.1. The van der Waals surface area contributed by atoms with Crippen LogP contribution in [0.25, 0.3) is 0 Å². The number of ketones is 1. The molecular weight excluding hydrogens is 2230 g/mol. The minimum absolute atomic E-state index is 0. The summed E-state index contributed by atoms with van der Waals surface area (Å²) in [6.07, 6.45) is -1.67. The number of aryl methyl sites for hydroxylation is 1. The van der Waals surface area contributed by atoms with Crippen molar-refractivity contribution in [2.45, 2.75) is 133 Å². The summed E-state index contributed by atoms with van der Waals surface area (Å²) in [6.45, 7) is 11.8. The number of nitrogens with zero attached hydrogens (tertiary/aromatic N) is 3. The zero-order chi connectivity index (χ0) is 104. The number of carbonyl (C=O) groups excluding carboxylic acids is 6. The Kier molecular flexibility index (Phi) is 69.7. The average molecular weight is 2360 g/mol. The van der Waals surface area contributed by atoms with Gasteiger partial charge in [-0.3, -0.25) is 9.59 Å². The van der Waals surface area contributed by atoms with Crippen molar-refractivity contribution in [1.29, 1.82) is 0 Å². The van der Waals surface area contributed by atoms with E-state index in [4.69, 9.17) is 167 Å². The molecule has 784 valence electrons. The number of aliphatic hydroxyl groups is 5. The van der Waals surface area contributed by atoms with Gasteiger partial charge in [0.05, 0.1) is 116 Å². The number of likely N-dealkylation sites (N-methyl/N-ethyl adjacent to an activating group) is 4. The van der Waals surface area contributed by atoms with Crippen LogP contribution in [-0.2, 0) is 42.1 Å². The summed E-state index contributed by atoms with van der Waals surface area (Å²) in [7, 11) is 6.59. The Bertz CT molecular complexity index is 5510. The molecule has 0 aromatic heterocycles. The summed E-state index contributed by atoms with van der Waals surface area (Å²) < 4.78 is 5.11. The summed E-state index contributed by atoms with van der Waals surface area (Å²) in [6, 6.07) is 65.6. The maximum atomic E-state index is 12.3. The lowest BCUT2D eigenvalue weighted by Crippen LogP contribution is -2.34. The minimum Gasteiger partial charge on any atom is -0.444 e. The number of nitrogen functional groups attached to an aromatic ring is 2. The number of hydrogen-bond donors (Lipinski definition) is 15. The largest absolute Gasteiger partial charge is 0.444 e. The highest BCUT2D eigenvalue weighted by Gasteiger charge is 2.22. The summed E-state index contributed by atoms with van der Waals surface area (Å²) in [5.74, 6) is -0.108. The van der Waals surface area contributed by atoms with Crippen LogP contribution in [0, 0.1) is 0 Å². The summed E-state index contributed by atoms with van der Waals surface area (Å²) in [5.41, 5.74) is 34.0. The molecule has 11 aromatic carbocycles. The molecule has 143 heavy (non-hydrogen) atoms. The average Bonchev–Trinajstić information content (AvgIpc) is 0.858. The lowest BCUT2D eigenvalue weighted by molar-refractivity contribution is -0.119. The van der Waals surface area contributed by atoms with Gasteiger partial charge in [-0.25, -0.2) is 19.2 Å². The minimum atomic E-state index is -0.893. The van der Waals surface area contributed by atoms with E-state index in [-0.39, 0.29) is 79.1 Å². The standard InChI is InChI=1S/C19H21Cl2N3O3.C18H20Cl2N2O2.C17H19Cl2N3O2.C12H18N2O2.C9H11Cl2NO.C8H7BrCl2O.C8H5BrCl2O.C7H10N2.CH3Cl.4CH4/c1-12(25)22-10-13-3-6-15(7-4-13)23-19(27)24(2)11-18(26)14-5-8-16(20)17(21)9-14;1-3-12-4-7-14(8-5-12)21-18(24)22(2)11-17(23)13-6-9-15(19)16(20)10-13;1-22(10-16(23)12-4-7-14(18)15(19)8-12)17(24)21-13-5-2-11(9-20)3-6-13;1-12(2,3)16-11(15)14-8-9-4-6-10(13)7-5-9;1-12-5-9(13)6-2-3-7(10)8(11)4-6;2*9-4-8(12)5-1-2-6(10)7(11)3-5;8-5-6-1-3-7(9)4-2-6;1-2;;;;/h3-9,18,26H,10-11H2,1-2H3,(H,22,25)(H,23,27);4-10,17,23H,3,11H2,1-2H3,(H,21,24);2-8,16,23H,9-10,20H2,1H3,(H,21,24);4-7H,8,13H2,1-3H3,(H,14,15);2-4,9,12-13H,5H2,1H3;1-3,8,12H,4H2;1-3H,4H2;1-4H,5,8-9H2;1H3;4*1H4. The molecule has 0 heterocycles. The Labute approximate surface area is 923 Å². The van der Waals surface area contributed by atoms with Gasteiger partial charge in [-0.15, -0.1) is 11.6 Å². The lowest BCUT2D eigenvalue weighted by atomic mass is 10.1. The Balaban J connectivity index is 0. The predicted octanol–water partition coefficient (Wildman–Crippen LogP) is 27.9. The third kappa shape index (κ3) is 53.7. The number of anilines is 5. The first-order valence-electron chi connectivity index (χ1n) is 42.1. The quantitative estimate of drug-likeness (QED) is 0.0136. The molecule has 40 heteroatoms. The number of ether oxygens (including phenoxy) is 1. The van der Waals surface area contributed by atoms with Crippen LogP contribution in [0.15, 0.2) is 231 Å². The van der Waals surface area contributed by atoms with Gasteiger partial charge in [-0.05, 0) is 229 Å². The molecular formula is C103H130Br2Cl13N13O12. The van der Waals surface area contributed by atoms with E-state index < -0.39 is 42.2 Å². The van der Waals surface area contributed by atoms with Crippen molar-refractivity contribution < 1.29 is 59.0 Å². The smallest absolute Gasteiger partial charge is 0.407 e. The van der Waals surface area contributed by atoms with Crippen LogP contribution in [0.2, 0.25) is 60.3 Å². The number of rotatable bonds is 26. The van der Waals surface area contributed by atoms with Crippen molar-refractivity contribution in [3.05, 3.63) is 352 Å². The van der Waals surface area contributed by atoms with E-state index in [0.29, 0.717) is 149 Å². The number of nitrogens with one attached hydrogen (secondary N) is 6. The molecule has 25 nitrogen and oxygen atoms in total. The Morgan fingerprint density at radius 2 is 0.643 bits per heavy atom. The molecule has 0 bridgehead atoms. The summed E-state index contributed by atoms with van der Waals surface area (Å²) in [4.78, 5) is 74.3. The monoisotopic (exact) mass is 2350 g/mol. The van der Waals surface area contributed by atoms with Gasteiger partial charge < -0.3 is 99.8 Å². The maximum absolute atomic E-state index is 12.3. The van der Waals surface area contributed by atoms with Crippen LogP contribution in [0.5, 0.6) is 0 Å². The van der Waals surface area contributed by atoms with Gasteiger partial charge in [0.25, 0.3) is 0 Å². The van der Waals surface area contributed by atoms with Crippen LogP contribution < -0.4 is 54.8 Å². The zero-order valence-corrected chi connectivity index (χ0v) is 90.5. The van der Waals surface area contributed by atoms with E-state index in [9.17, 15) is 54.3 Å². The van der Waals surface area contributed by atoms with Gasteiger partial charge in [0, 0.05) is 107 Å². The van der Waals surface area contributed by atoms with Crippen LogP contribution >= 0.6 is 183 Å². The van der Waals surface area contributed by atoms with Crippen LogP contribution in [0.1, 0.15) is 161 Å². The number of urea groups is 3. The van der Waals surface area contributed by atoms with Gasteiger partial charge in [-0.1, -0.05) is 299 Å². The van der Waals surface area contributed by atoms with E-state index >= 15 is 0 Å². The zero-order valence-electron chi connectivity index (χ0n) is 77.5. The molecule has 0 aliphatic rings. The fourth-order valence-corrected chi connectivity index (χ4v) is 13.5. The molecule has 11 aromatic rings. The van der Waals surface area contributed by atoms with Crippen molar-refractivity contribution in [1.82, 2.24) is 30.7 Å². The molecule has 0 radical (unpaired) electrons. The van der Waals surface area contributed by atoms with Crippen molar-refractivity contribution in [2.24, 2.45) is 11.5 Å². The first-order valence-corrected chi connectivity index (χ1v) is 49.7. The molecule has 0 aliphatic carbocycles. The second-order valence-electron chi connectivity index (χ2n) is 30.9. The van der Waals surface area contributed by atoms with Crippen LogP contribution in [-0.4, -0.2) is 153 Å². The molecule has 11 rings (SSSR count). The molecule has 0 aliphatic heterocycles. The number of nitrogens with two attached hydrogens (primary N) is 4. The Morgan fingerprint density at radius 3 is 0.909 bits per heavy atom. The molecule has 5 atom stereocenters. The number of benzene rings is 11. The van der Waals surface area contributed by atoms with Crippen molar-refractivity contribution in [3.8, 4) is 0 Å². The Morgan fingerprint density at radius 1 is 0.378 bits per heavy atom. The van der Waals surface area contributed by atoms with Crippen LogP contribution in [0.4, 0.5) is 47.6 Å². The second kappa shape index (κ2) is 72.9. The third-order valence-corrected chi connectivity index (χ3v) is 24.3. The van der Waals surface area contributed by atoms with Gasteiger partial charge >= 0.3 is 24.2 Å². The number of alkyl carbamates (subject to hydrolysis) is 1. The van der Waals surface area contributed by atoms with E-state index in [1.54, 1.807) is 174 Å². The molecule has 0 saturated carbocycles. The highest BCUT2D eigenvalue weighted by atomic mass is 79.9. The third-order valence-electron chi connectivity index (χ3n) is 18.8. The molecule has 0 fully saturated rings. The fourth-order valence-electron chi connectivity index (χ4n) is 11.0. The number of hydrogen-bond acceptors (Lipinski definition) is 17. The predicted molar refractivity (Wildman–Crippen MR) is 610 cm³/mol. The number of Topliss-reactive ketones (excluding diaryl/α,β-unsaturated/α-hetero) is 1. The molecule has 0 saturated heterocycles. The van der Waals surface area contributed by atoms with Gasteiger partial charge in [-0.2, -0.15) is 0 Å². The summed E-state index contributed by atoms with van der Waals surface area (Å²) in [5, 5.41) is 72.3. The molecule has 5 unspecified atom stereocenters. The van der Waals surface area contributed by atoms with Crippen molar-refractivity contribution in [2.75, 3.05) is 98.8 Å². The SMILES string of the molecule is C.C.C.C.CC(=O)NCc1ccc(NC(=O)N(C)CC(O)c2ccc(Cl)c(Cl)c2)cc1.CC(C)(C)OC(=O)NCc1ccc(N)cc1.CCc1ccc(NC(=O)N(C)CC(O)c2ccc(Cl)c(Cl)c2)cc1.CCl.CN(CC(O)c1ccc(Cl)c(Cl)c1)C(=O)Nc1ccc(CN)cc1.CNCC(O)c1ccc(Cl)c(Cl)c1.NCc1ccc(N)cc1.O=C(CBr)c1ccc(Cl)c(Cl)c1.OC(CBr)c1ccc(Cl)c(Cl)c1. The van der Waals surface area contributed by atoms with E-state index in [1.807, 2.05) is 106 Å². The number of carbonyl (C=O) groups is 6. The van der Waals surface area contributed by atoms with Crippen molar-refractivity contribution >= 4 is 247 Å². The van der Waals surface area contributed by atoms with E-state index in [0.717, 1.165) is 45.5 Å². The fraction of sp³-hybridized carbons (Fsp3) is 0.301. The second-order valence-corrected chi connectivity index (χ2v) is 37.0. The number of aliphatic hydroxyl groups excluding tert-OH is 5. The highest BCUT2D eigenvalue weighted by molar-refractivity contribution is 9.09. The molecule has 8 amide bonds. The van der Waals surface area contributed by atoms with Crippen molar-refractivity contribution in [3.63, 3.8) is 0 Å². The number of alkyl halides is 3. The first kappa shape index (κ1) is 137.